The normalized spacial score (nSPS) is 16.4. The highest BCUT2D eigenvalue weighted by Crippen LogP contribution is 2.33. The Morgan fingerprint density at radius 2 is 1.73 bits per heavy atom. The molecule has 1 aromatic carbocycles. The molecule has 0 aliphatic carbocycles. The fraction of sp³-hybridized carbons (Fsp3) is 0.400. The van der Waals surface area contributed by atoms with Crippen molar-refractivity contribution in [2.75, 3.05) is 19.9 Å². The SMILES string of the molecule is Cc1ccn(-c2ccc3c(c2)OCO3)c(=O)c1C(=O)N1CCCCCC1. The number of carbonyl (C=O) groups excluding carboxylic acids is 1. The molecular weight excluding hydrogens is 332 g/mol. The second-order valence-corrected chi connectivity index (χ2v) is 6.79. The van der Waals surface area contributed by atoms with Crippen LogP contribution in [0.4, 0.5) is 0 Å². The van der Waals surface area contributed by atoms with Crippen molar-refractivity contribution in [3.63, 3.8) is 0 Å². The third kappa shape index (κ3) is 2.96. The molecular formula is C20H22N2O4. The summed E-state index contributed by atoms with van der Waals surface area (Å²) in [5.74, 6) is 1.11. The van der Waals surface area contributed by atoms with Crippen molar-refractivity contribution >= 4 is 5.91 Å². The maximum atomic E-state index is 13.1. The van der Waals surface area contributed by atoms with E-state index in [-0.39, 0.29) is 23.8 Å². The lowest BCUT2D eigenvalue weighted by Gasteiger charge is -2.21. The fourth-order valence-electron chi connectivity index (χ4n) is 3.56. The predicted molar refractivity (Wildman–Crippen MR) is 97.3 cm³/mol. The first-order valence-electron chi connectivity index (χ1n) is 9.07. The van der Waals surface area contributed by atoms with Gasteiger partial charge in [-0.15, -0.1) is 0 Å². The highest BCUT2D eigenvalue weighted by atomic mass is 16.7. The van der Waals surface area contributed by atoms with Crippen LogP contribution < -0.4 is 15.0 Å². The van der Waals surface area contributed by atoms with Crippen LogP contribution in [0.1, 0.15) is 41.6 Å². The van der Waals surface area contributed by atoms with Crippen LogP contribution in [0.15, 0.2) is 35.3 Å². The summed E-state index contributed by atoms with van der Waals surface area (Å²) in [6, 6.07) is 7.15. The van der Waals surface area contributed by atoms with Gasteiger partial charge >= 0.3 is 0 Å². The quantitative estimate of drug-likeness (QED) is 0.832. The van der Waals surface area contributed by atoms with Crippen LogP contribution in [0.3, 0.4) is 0 Å². The summed E-state index contributed by atoms with van der Waals surface area (Å²) >= 11 is 0. The summed E-state index contributed by atoms with van der Waals surface area (Å²) in [5, 5.41) is 0. The monoisotopic (exact) mass is 354 g/mol. The maximum absolute atomic E-state index is 13.1. The molecule has 1 fully saturated rings. The Bertz CT molecular complexity index is 895. The van der Waals surface area contributed by atoms with E-state index >= 15 is 0 Å². The standard InChI is InChI=1S/C20H22N2O4/c1-14-8-11-22(15-6-7-16-17(12-15)26-13-25-16)20(24)18(14)19(23)21-9-4-2-3-5-10-21/h6-8,11-12H,2-5,9-10,13H2,1H3. The van der Waals surface area contributed by atoms with Crippen LogP contribution in [-0.4, -0.2) is 35.3 Å². The number of benzene rings is 1. The van der Waals surface area contributed by atoms with Crippen molar-refractivity contribution in [3.8, 4) is 17.2 Å². The Labute approximate surface area is 152 Å². The molecule has 6 heteroatoms. The summed E-state index contributed by atoms with van der Waals surface area (Å²) < 4.78 is 12.2. The second-order valence-electron chi connectivity index (χ2n) is 6.79. The molecule has 2 aliphatic heterocycles. The lowest BCUT2D eigenvalue weighted by atomic mass is 10.1. The third-order valence-corrected chi connectivity index (χ3v) is 5.04. The zero-order chi connectivity index (χ0) is 18.1. The van der Waals surface area contributed by atoms with Gasteiger partial charge in [0.05, 0.1) is 5.69 Å². The average molecular weight is 354 g/mol. The van der Waals surface area contributed by atoms with Gasteiger partial charge in [0.2, 0.25) is 6.79 Å². The summed E-state index contributed by atoms with van der Waals surface area (Å²) in [5.41, 5.74) is 1.33. The van der Waals surface area contributed by atoms with Gasteiger partial charge in [0.15, 0.2) is 11.5 Å². The van der Waals surface area contributed by atoms with E-state index in [1.165, 1.54) is 4.57 Å². The molecule has 136 valence electrons. The number of fused-ring (bicyclic) bond motifs is 1. The van der Waals surface area contributed by atoms with Crippen LogP contribution in [0.5, 0.6) is 11.5 Å². The molecule has 1 amide bonds. The molecule has 6 nitrogen and oxygen atoms in total. The minimum Gasteiger partial charge on any atom is -0.454 e. The molecule has 0 bridgehead atoms. The molecule has 0 radical (unpaired) electrons. The fourth-order valence-corrected chi connectivity index (χ4v) is 3.56. The molecule has 0 saturated carbocycles. The average Bonchev–Trinajstić information content (AvgIpc) is 2.93. The number of carbonyl (C=O) groups is 1. The molecule has 26 heavy (non-hydrogen) atoms. The minimum atomic E-state index is -0.293. The van der Waals surface area contributed by atoms with Gasteiger partial charge in [-0.25, -0.2) is 0 Å². The first kappa shape index (κ1) is 16.7. The molecule has 1 aromatic heterocycles. The number of amides is 1. The third-order valence-electron chi connectivity index (χ3n) is 5.04. The van der Waals surface area contributed by atoms with Crippen molar-refractivity contribution in [1.29, 1.82) is 0 Å². The number of likely N-dealkylation sites (tertiary alicyclic amines) is 1. The lowest BCUT2D eigenvalue weighted by Crippen LogP contribution is -2.37. The Kier molecular flexibility index (Phi) is 4.41. The minimum absolute atomic E-state index is 0.163. The van der Waals surface area contributed by atoms with Crippen LogP contribution in [0, 0.1) is 6.92 Å². The molecule has 0 unspecified atom stereocenters. The molecule has 0 N–H and O–H groups in total. The van der Waals surface area contributed by atoms with E-state index in [1.807, 2.05) is 17.9 Å². The zero-order valence-corrected chi connectivity index (χ0v) is 14.9. The summed E-state index contributed by atoms with van der Waals surface area (Å²) in [6.45, 7) is 3.43. The Morgan fingerprint density at radius 1 is 1.00 bits per heavy atom. The number of ether oxygens (including phenoxy) is 2. The van der Waals surface area contributed by atoms with Gasteiger partial charge in [-0.3, -0.25) is 14.2 Å². The van der Waals surface area contributed by atoms with Gasteiger partial charge in [0, 0.05) is 25.4 Å². The molecule has 2 aliphatic rings. The van der Waals surface area contributed by atoms with E-state index < -0.39 is 0 Å². The summed E-state index contributed by atoms with van der Waals surface area (Å²) in [6.07, 6.45) is 5.97. The molecule has 1 saturated heterocycles. The Balaban J connectivity index is 1.73. The van der Waals surface area contributed by atoms with Crippen molar-refractivity contribution in [1.82, 2.24) is 9.47 Å². The molecule has 4 rings (SSSR count). The van der Waals surface area contributed by atoms with E-state index in [0.29, 0.717) is 22.7 Å². The van der Waals surface area contributed by atoms with Gasteiger partial charge in [0.1, 0.15) is 5.56 Å². The smallest absolute Gasteiger partial charge is 0.268 e. The van der Waals surface area contributed by atoms with Crippen molar-refractivity contribution in [3.05, 3.63) is 51.9 Å². The Hall–Kier alpha value is -2.76. The van der Waals surface area contributed by atoms with E-state index in [9.17, 15) is 9.59 Å². The lowest BCUT2D eigenvalue weighted by molar-refractivity contribution is 0.0758. The number of hydrogen-bond acceptors (Lipinski definition) is 4. The van der Waals surface area contributed by atoms with E-state index in [2.05, 4.69) is 0 Å². The number of aryl methyl sites for hydroxylation is 1. The topological polar surface area (TPSA) is 60.8 Å². The van der Waals surface area contributed by atoms with Crippen molar-refractivity contribution in [2.45, 2.75) is 32.6 Å². The van der Waals surface area contributed by atoms with Crippen molar-refractivity contribution < 1.29 is 14.3 Å². The largest absolute Gasteiger partial charge is 0.454 e. The molecule has 0 atom stereocenters. The maximum Gasteiger partial charge on any atom is 0.268 e. The van der Waals surface area contributed by atoms with Crippen LogP contribution in [0.25, 0.3) is 5.69 Å². The van der Waals surface area contributed by atoms with Gasteiger partial charge in [-0.2, -0.15) is 0 Å². The van der Waals surface area contributed by atoms with Gasteiger partial charge in [0.25, 0.3) is 11.5 Å². The highest BCUT2D eigenvalue weighted by Gasteiger charge is 2.23. The number of pyridine rings is 1. The van der Waals surface area contributed by atoms with E-state index in [0.717, 1.165) is 38.8 Å². The second kappa shape index (κ2) is 6.86. The molecule has 2 aromatic rings. The van der Waals surface area contributed by atoms with Crippen LogP contribution >= 0.6 is 0 Å². The predicted octanol–water partition coefficient (Wildman–Crippen LogP) is 2.89. The zero-order valence-electron chi connectivity index (χ0n) is 14.9. The van der Waals surface area contributed by atoms with Crippen LogP contribution in [-0.2, 0) is 0 Å². The van der Waals surface area contributed by atoms with Gasteiger partial charge in [-0.05, 0) is 43.5 Å². The number of aromatic nitrogens is 1. The van der Waals surface area contributed by atoms with Gasteiger partial charge < -0.3 is 14.4 Å². The van der Waals surface area contributed by atoms with E-state index in [4.69, 9.17) is 9.47 Å². The Morgan fingerprint density at radius 3 is 2.50 bits per heavy atom. The molecule has 0 spiro atoms. The number of hydrogen-bond donors (Lipinski definition) is 0. The van der Waals surface area contributed by atoms with E-state index in [1.54, 1.807) is 24.4 Å². The first-order valence-corrected chi connectivity index (χ1v) is 9.07. The first-order chi connectivity index (χ1) is 12.6. The van der Waals surface area contributed by atoms with Gasteiger partial charge in [-0.1, -0.05) is 12.8 Å². The van der Waals surface area contributed by atoms with Crippen LogP contribution in [0.2, 0.25) is 0 Å². The summed E-state index contributed by atoms with van der Waals surface area (Å²) in [4.78, 5) is 28.0. The number of rotatable bonds is 2. The van der Waals surface area contributed by atoms with Crippen molar-refractivity contribution in [2.24, 2.45) is 0 Å². The number of nitrogens with zero attached hydrogens (tertiary/aromatic N) is 2. The summed E-state index contributed by atoms with van der Waals surface area (Å²) in [7, 11) is 0. The highest BCUT2D eigenvalue weighted by molar-refractivity contribution is 5.95. The molecule has 3 heterocycles.